The third kappa shape index (κ3) is 2.68. The van der Waals surface area contributed by atoms with Crippen LogP contribution >= 0.6 is 0 Å². The zero-order valence-electron chi connectivity index (χ0n) is 13.3. The lowest BCUT2D eigenvalue weighted by Crippen LogP contribution is -2.67. The zero-order valence-corrected chi connectivity index (χ0v) is 13.3. The van der Waals surface area contributed by atoms with Crippen LogP contribution in [0.25, 0.3) is 0 Å². The van der Waals surface area contributed by atoms with Gasteiger partial charge in [0.25, 0.3) is 0 Å². The molecule has 3 aliphatic rings. The highest BCUT2D eigenvalue weighted by Gasteiger charge is 2.46. The molecule has 5 heteroatoms. The van der Waals surface area contributed by atoms with Gasteiger partial charge in [0.15, 0.2) is 0 Å². The van der Waals surface area contributed by atoms with E-state index in [9.17, 15) is 9.59 Å². The topological polar surface area (TPSA) is 52.7 Å². The van der Waals surface area contributed by atoms with E-state index in [0.29, 0.717) is 6.42 Å². The number of carbonyl (C=O) groups excluding carboxylic acids is 2. The highest BCUT2D eigenvalue weighted by Crippen LogP contribution is 2.33. The predicted molar refractivity (Wildman–Crippen MR) is 80.7 cm³/mol. The number of piperazine rings is 1. The second kappa shape index (κ2) is 5.59. The van der Waals surface area contributed by atoms with Crippen molar-refractivity contribution in [2.75, 3.05) is 13.1 Å². The second-order valence-electron chi connectivity index (χ2n) is 7.07. The summed E-state index contributed by atoms with van der Waals surface area (Å²) in [7, 11) is 0. The Morgan fingerprint density at radius 1 is 1.19 bits per heavy atom. The van der Waals surface area contributed by atoms with E-state index >= 15 is 0 Å². The van der Waals surface area contributed by atoms with Crippen LogP contribution in [-0.2, 0) is 9.59 Å². The normalized spacial score (nSPS) is 34.7. The maximum Gasteiger partial charge on any atom is 0.246 e. The second-order valence-corrected chi connectivity index (χ2v) is 7.07. The number of amides is 2. The van der Waals surface area contributed by atoms with Crippen molar-refractivity contribution < 1.29 is 9.59 Å². The molecule has 0 bridgehead atoms. The molecule has 0 aromatic rings. The zero-order chi connectivity index (χ0) is 15.1. The Hall–Kier alpha value is -1.10. The van der Waals surface area contributed by atoms with Crippen LogP contribution in [0.1, 0.15) is 46.5 Å². The molecule has 1 aliphatic carbocycles. The van der Waals surface area contributed by atoms with Crippen molar-refractivity contribution in [2.24, 2.45) is 5.92 Å². The molecule has 3 unspecified atom stereocenters. The van der Waals surface area contributed by atoms with Gasteiger partial charge in [-0.2, -0.15) is 0 Å². The van der Waals surface area contributed by atoms with Gasteiger partial charge in [0.2, 0.25) is 11.8 Å². The van der Waals surface area contributed by atoms with Crippen molar-refractivity contribution in [3.05, 3.63) is 0 Å². The maximum absolute atomic E-state index is 12.9. The van der Waals surface area contributed by atoms with Crippen LogP contribution in [0.3, 0.4) is 0 Å². The fraction of sp³-hybridized carbons (Fsp3) is 0.875. The predicted octanol–water partition coefficient (Wildman–Crippen LogP) is 0.985. The van der Waals surface area contributed by atoms with E-state index in [4.69, 9.17) is 0 Å². The average molecular weight is 293 g/mol. The molecule has 2 heterocycles. The minimum absolute atomic E-state index is 0.0284. The summed E-state index contributed by atoms with van der Waals surface area (Å²) in [6, 6.07) is 0.326. The Balaban J connectivity index is 1.78. The van der Waals surface area contributed by atoms with Crippen LogP contribution in [-0.4, -0.2) is 58.9 Å². The Morgan fingerprint density at radius 3 is 2.48 bits per heavy atom. The molecule has 2 amide bonds. The van der Waals surface area contributed by atoms with Gasteiger partial charge in [0, 0.05) is 25.2 Å². The largest absolute Gasteiger partial charge is 0.342 e. The fourth-order valence-electron chi connectivity index (χ4n) is 3.79. The molecule has 2 saturated heterocycles. The first-order chi connectivity index (χ1) is 10.0. The van der Waals surface area contributed by atoms with E-state index in [0.717, 1.165) is 25.6 Å². The minimum atomic E-state index is -0.352. The quantitative estimate of drug-likeness (QED) is 0.841. The number of carbonyl (C=O) groups is 2. The average Bonchev–Trinajstić information content (AvgIpc) is 3.18. The summed E-state index contributed by atoms with van der Waals surface area (Å²) in [5.41, 5.74) is 0. The van der Waals surface area contributed by atoms with E-state index in [1.54, 1.807) is 0 Å². The fourth-order valence-corrected chi connectivity index (χ4v) is 3.79. The smallest absolute Gasteiger partial charge is 0.246 e. The Morgan fingerprint density at radius 2 is 1.90 bits per heavy atom. The van der Waals surface area contributed by atoms with Gasteiger partial charge in [0.1, 0.15) is 12.1 Å². The molecule has 3 atom stereocenters. The summed E-state index contributed by atoms with van der Waals surface area (Å²) in [5, 5.41) is 2.92. The van der Waals surface area contributed by atoms with Crippen molar-refractivity contribution in [1.29, 1.82) is 0 Å². The van der Waals surface area contributed by atoms with Gasteiger partial charge in [-0.25, -0.2) is 0 Å². The van der Waals surface area contributed by atoms with Gasteiger partial charge in [-0.1, -0.05) is 20.8 Å². The SMILES string of the molecule is CCC1C(=O)NC(C(C)C)C(=O)N1C1CCN(C2CC2)C1. The number of hydrogen-bond acceptors (Lipinski definition) is 3. The molecule has 5 nitrogen and oxygen atoms in total. The molecular formula is C16H27N3O2. The third-order valence-electron chi connectivity index (χ3n) is 5.16. The Kier molecular flexibility index (Phi) is 3.95. The lowest BCUT2D eigenvalue weighted by atomic mass is 9.95. The maximum atomic E-state index is 12.9. The van der Waals surface area contributed by atoms with E-state index < -0.39 is 0 Å². The first-order valence-electron chi connectivity index (χ1n) is 8.39. The molecule has 1 N–H and O–H groups in total. The van der Waals surface area contributed by atoms with Crippen LogP contribution in [0.4, 0.5) is 0 Å². The number of nitrogens with zero attached hydrogens (tertiary/aromatic N) is 2. The highest BCUT2D eigenvalue weighted by atomic mass is 16.2. The summed E-state index contributed by atoms with van der Waals surface area (Å²) in [6.45, 7) is 8.01. The molecular weight excluding hydrogens is 266 g/mol. The summed E-state index contributed by atoms with van der Waals surface area (Å²) in [4.78, 5) is 29.6. The van der Waals surface area contributed by atoms with Crippen LogP contribution in [0.2, 0.25) is 0 Å². The van der Waals surface area contributed by atoms with Gasteiger partial charge in [-0.3, -0.25) is 14.5 Å². The van der Waals surface area contributed by atoms with Crippen molar-refractivity contribution >= 4 is 11.8 Å². The van der Waals surface area contributed by atoms with Gasteiger partial charge in [0.05, 0.1) is 0 Å². The number of nitrogens with one attached hydrogen (secondary N) is 1. The van der Waals surface area contributed by atoms with Crippen molar-refractivity contribution in [3.8, 4) is 0 Å². The number of hydrogen-bond donors (Lipinski definition) is 1. The van der Waals surface area contributed by atoms with Gasteiger partial charge in [-0.15, -0.1) is 0 Å². The van der Waals surface area contributed by atoms with Crippen LogP contribution in [0, 0.1) is 5.92 Å². The molecule has 0 spiro atoms. The molecule has 0 aromatic heterocycles. The van der Waals surface area contributed by atoms with Crippen LogP contribution in [0.15, 0.2) is 0 Å². The monoisotopic (exact) mass is 293 g/mol. The minimum Gasteiger partial charge on any atom is -0.342 e. The molecule has 118 valence electrons. The van der Waals surface area contributed by atoms with Crippen LogP contribution in [0.5, 0.6) is 0 Å². The van der Waals surface area contributed by atoms with Crippen molar-refractivity contribution in [1.82, 2.24) is 15.1 Å². The lowest BCUT2D eigenvalue weighted by molar-refractivity contribution is -0.153. The summed E-state index contributed by atoms with van der Waals surface area (Å²) < 4.78 is 0. The molecule has 0 aromatic carbocycles. The van der Waals surface area contributed by atoms with Gasteiger partial charge < -0.3 is 10.2 Å². The van der Waals surface area contributed by atoms with Gasteiger partial charge in [-0.05, 0) is 31.6 Å². The highest BCUT2D eigenvalue weighted by molar-refractivity contribution is 5.97. The molecule has 21 heavy (non-hydrogen) atoms. The first-order valence-corrected chi connectivity index (χ1v) is 8.39. The van der Waals surface area contributed by atoms with Crippen molar-refractivity contribution in [3.63, 3.8) is 0 Å². The molecule has 0 radical (unpaired) electrons. The molecule has 3 rings (SSSR count). The van der Waals surface area contributed by atoms with E-state index in [2.05, 4.69) is 10.2 Å². The van der Waals surface area contributed by atoms with E-state index in [-0.39, 0.29) is 35.9 Å². The first kappa shape index (κ1) is 14.8. The summed E-state index contributed by atoms with van der Waals surface area (Å²) in [6.07, 6.45) is 4.30. The Labute approximate surface area is 127 Å². The van der Waals surface area contributed by atoms with E-state index in [1.807, 2.05) is 25.7 Å². The number of rotatable bonds is 4. The summed E-state index contributed by atoms with van der Waals surface area (Å²) in [5.74, 6) is 0.294. The standard InChI is InChI=1S/C16H27N3O2/c1-4-13-15(20)17-14(10(2)3)16(21)19(13)12-7-8-18(9-12)11-5-6-11/h10-14H,4-9H2,1-3H3,(H,17,20). The van der Waals surface area contributed by atoms with Gasteiger partial charge >= 0.3 is 0 Å². The molecule has 3 fully saturated rings. The van der Waals surface area contributed by atoms with Crippen molar-refractivity contribution in [2.45, 2.75) is 70.6 Å². The summed E-state index contributed by atoms with van der Waals surface area (Å²) >= 11 is 0. The Bertz CT molecular complexity index is 433. The molecule has 2 aliphatic heterocycles. The third-order valence-corrected chi connectivity index (χ3v) is 5.16. The van der Waals surface area contributed by atoms with Crippen LogP contribution < -0.4 is 5.32 Å². The van der Waals surface area contributed by atoms with E-state index in [1.165, 1.54) is 12.8 Å². The number of likely N-dealkylation sites (tertiary alicyclic amines) is 1. The molecule has 1 saturated carbocycles. The lowest BCUT2D eigenvalue weighted by Gasteiger charge is -2.43.